The molecule has 2 aromatic rings. The molecule has 2 rings (SSSR count). The maximum Gasteiger partial charge on any atom is 0.308 e. The van der Waals surface area contributed by atoms with Gasteiger partial charge >= 0.3 is 5.97 Å². The molecule has 114 valence electrons. The van der Waals surface area contributed by atoms with E-state index in [-0.39, 0.29) is 5.90 Å². The van der Waals surface area contributed by atoms with Crippen LogP contribution in [0.1, 0.15) is 18.1 Å². The van der Waals surface area contributed by atoms with Crippen molar-refractivity contribution in [3.63, 3.8) is 0 Å². The van der Waals surface area contributed by atoms with Crippen LogP contribution >= 0.6 is 0 Å². The number of para-hydroxylation sites is 2. The number of hydrogen-bond donors (Lipinski definition) is 0. The Bertz CT molecular complexity index is 695. The van der Waals surface area contributed by atoms with Crippen LogP contribution in [0.25, 0.3) is 0 Å². The summed E-state index contributed by atoms with van der Waals surface area (Å²) >= 11 is 0. The van der Waals surface area contributed by atoms with E-state index in [4.69, 9.17) is 14.3 Å². The zero-order chi connectivity index (χ0) is 15.9. The zero-order valence-corrected chi connectivity index (χ0v) is 12.7. The van der Waals surface area contributed by atoms with E-state index < -0.39 is 5.97 Å². The Hall–Kier alpha value is -2.82. The lowest BCUT2D eigenvalue weighted by Crippen LogP contribution is -2.14. The van der Waals surface area contributed by atoms with Crippen molar-refractivity contribution in [2.24, 2.45) is 5.16 Å². The van der Waals surface area contributed by atoms with Crippen LogP contribution < -0.4 is 9.47 Å². The van der Waals surface area contributed by atoms with Gasteiger partial charge in [-0.3, -0.25) is 4.79 Å². The van der Waals surface area contributed by atoms with Gasteiger partial charge in [-0.15, -0.1) is 0 Å². The Labute approximate surface area is 129 Å². The predicted molar refractivity (Wildman–Crippen MR) is 83.1 cm³/mol. The highest BCUT2D eigenvalue weighted by atomic mass is 16.6. The van der Waals surface area contributed by atoms with Crippen LogP contribution in [0.5, 0.6) is 11.5 Å². The second-order valence-corrected chi connectivity index (χ2v) is 4.54. The number of nitrogens with zero attached hydrogens (tertiary/aromatic N) is 1. The summed E-state index contributed by atoms with van der Waals surface area (Å²) in [4.78, 5) is 16.1. The van der Waals surface area contributed by atoms with Gasteiger partial charge in [0.05, 0.1) is 5.56 Å². The minimum Gasteiger partial charge on any atom is -0.436 e. The summed E-state index contributed by atoms with van der Waals surface area (Å²) in [5, 5.41) is 3.90. The lowest BCUT2D eigenvalue weighted by atomic mass is 10.2. The third-order valence-corrected chi connectivity index (χ3v) is 2.85. The fourth-order valence-corrected chi connectivity index (χ4v) is 1.87. The number of aryl methyl sites for hydroxylation is 1. The number of ether oxygens (including phenoxy) is 2. The smallest absolute Gasteiger partial charge is 0.308 e. The van der Waals surface area contributed by atoms with Crippen molar-refractivity contribution in [1.82, 2.24) is 0 Å². The van der Waals surface area contributed by atoms with Gasteiger partial charge in [-0.25, -0.2) is 0 Å². The van der Waals surface area contributed by atoms with Gasteiger partial charge in [0.25, 0.3) is 5.90 Å². The first-order valence-electron chi connectivity index (χ1n) is 6.74. The molecule has 0 N–H and O–H groups in total. The van der Waals surface area contributed by atoms with Gasteiger partial charge in [-0.1, -0.05) is 30.3 Å². The molecule has 5 heteroatoms. The molecule has 22 heavy (non-hydrogen) atoms. The van der Waals surface area contributed by atoms with Gasteiger partial charge in [0, 0.05) is 6.92 Å². The molecule has 0 saturated heterocycles. The Morgan fingerprint density at radius 3 is 2.23 bits per heavy atom. The third kappa shape index (κ3) is 3.85. The fourth-order valence-electron chi connectivity index (χ4n) is 1.87. The predicted octanol–water partition coefficient (Wildman–Crippen LogP) is 3.31. The number of carbonyl (C=O) groups excluding carboxylic acids is 1. The average molecular weight is 299 g/mol. The number of oxime groups is 1. The molecule has 0 bridgehead atoms. The molecule has 0 aromatic heterocycles. The molecule has 0 unspecified atom stereocenters. The molecular formula is C17H17NO4. The highest BCUT2D eigenvalue weighted by Crippen LogP contribution is 2.23. The maximum atomic E-state index is 11.2. The molecule has 0 atom stereocenters. The molecule has 5 nitrogen and oxygen atoms in total. The van der Waals surface area contributed by atoms with E-state index in [2.05, 4.69) is 5.16 Å². The van der Waals surface area contributed by atoms with E-state index >= 15 is 0 Å². The molecule has 0 saturated carbocycles. The first-order chi connectivity index (χ1) is 10.6. The lowest BCUT2D eigenvalue weighted by Gasteiger charge is -2.13. The van der Waals surface area contributed by atoms with E-state index in [1.54, 1.807) is 24.3 Å². The second-order valence-electron chi connectivity index (χ2n) is 4.54. The SMILES string of the molecule is CON=C(Oc1ccccc1C)c1ccccc1OC(C)=O. The molecular weight excluding hydrogens is 282 g/mol. The van der Waals surface area contributed by atoms with Crippen molar-refractivity contribution in [1.29, 1.82) is 0 Å². The normalized spacial score (nSPS) is 11.0. The summed E-state index contributed by atoms with van der Waals surface area (Å²) in [7, 11) is 1.43. The minimum absolute atomic E-state index is 0.216. The molecule has 0 aliphatic carbocycles. The standard InChI is InChI=1S/C17H17NO4/c1-12-8-4-6-10-15(12)22-17(18-20-3)14-9-5-7-11-16(14)21-13(2)19/h4-11H,1-3H3. The number of esters is 1. The third-order valence-electron chi connectivity index (χ3n) is 2.85. The van der Waals surface area contributed by atoms with Crippen LogP contribution in [0.4, 0.5) is 0 Å². The lowest BCUT2D eigenvalue weighted by molar-refractivity contribution is -0.131. The van der Waals surface area contributed by atoms with Crippen molar-refractivity contribution >= 4 is 11.9 Å². The van der Waals surface area contributed by atoms with Crippen LogP contribution in [-0.4, -0.2) is 19.0 Å². The first kappa shape index (κ1) is 15.6. The summed E-state index contributed by atoms with van der Waals surface area (Å²) in [6, 6.07) is 14.5. The quantitative estimate of drug-likeness (QED) is 0.286. The van der Waals surface area contributed by atoms with E-state index in [0.717, 1.165) is 5.56 Å². The molecule has 0 radical (unpaired) electrons. The highest BCUT2D eigenvalue weighted by molar-refractivity contribution is 5.98. The van der Waals surface area contributed by atoms with E-state index in [1.165, 1.54) is 14.0 Å². The van der Waals surface area contributed by atoms with Gasteiger partial charge in [-0.05, 0) is 35.8 Å². The Morgan fingerprint density at radius 2 is 1.59 bits per heavy atom. The molecule has 0 aliphatic rings. The van der Waals surface area contributed by atoms with Gasteiger partial charge in [0.15, 0.2) is 0 Å². The Kier molecular flexibility index (Phi) is 5.14. The largest absolute Gasteiger partial charge is 0.436 e. The van der Waals surface area contributed by atoms with E-state index in [0.29, 0.717) is 17.1 Å². The summed E-state index contributed by atoms with van der Waals surface area (Å²) in [5.41, 5.74) is 1.49. The number of hydrogen-bond acceptors (Lipinski definition) is 5. The summed E-state index contributed by atoms with van der Waals surface area (Å²) in [5.74, 6) is 0.809. The van der Waals surface area contributed by atoms with Gasteiger partial charge in [-0.2, -0.15) is 0 Å². The van der Waals surface area contributed by atoms with Crippen molar-refractivity contribution in [2.75, 3.05) is 7.11 Å². The average Bonchev–Trinajstić information content (AvgIpc) is 2.49. The molecule has 0 fully saturated rings. The number of rotatable bonds is 4. The van der Waals surface area contributed by atoms with Crippen molar-refractivity contribution in [3.8, 4) is 11.5 Å². The second kappa shape index (κ2) is 7.26. The number of benzene rings is 2. The zero-order valence-electron chi connectivity index (χ0n) is 12.7. The van der Waals surface area contributed by atoms with Crippen LogP contribution in [-0.2, 0) is 9.63 Å². The van der Waals surface area contributed by atoms with Crippen LogP contribution in [0.15, 0.2) is 53.7 Å². The molecule has 0 spiro atoms. The summed E-state index contributed by atoms with van der Waals surface area (Å²) in [6.45, 7) is 3.27. The minimum atomic E-state index is -0.417. The Morgan fingerprint density at radius 1 is 0.955 bits per heavy atom. The molecule has 2 aromatic carbocycles. The van der Waals surface area contributed by atoms with Crippen LogP contribution in [0.3, 0.4) is 0 Å². The van der Waals surface area contributed by atoms with E-state index in [9.17, 15) is 4.79 Å². The van der Waals surface area contributed by atoms with Crippen LogP contribution in [0, 0.1) is 6.92 Å². The van der Waals surface area contributed by atoms with Gasteiger partial charge < -0.3 is 14.3 Å². The monoisotopic (exact) mass is 299 g/mol. The molecule has 0 heterocycles. The van der Waals surface area contributed by atoms with Crippen LogP contribution in [0.2, 0.25) is 0 Å². The van der Waals surface area contributed by atoms with Crippen molar-refractivity contribution < 1.29 is 19.1 Å². The maximum absolute atomic E-state index is 11.2. The van der Waals surface area contributed by atoms with Crippen molar-refractivity contribution in [3.05, 3.63) is 59.7 Å². The van der Waals surface area contributed by atoms with Crippen molar-refractivity contribution in [2.45, 2.75) is 13.8 Å². The fraction of sp³-hybridized carbons (Fsp3) is 0.176. The summed E-state index contributed by atoms with van der Waals surface area (Å²) in [6.07, 6.45) is 0. The van der Waals surface area contributed by atoms with Gasteiger partial charge in [0.1, 0.15) is 18.6 Å². The highest BCUT2D eigenvalue weighted by Gasteiger charge is 2.15. The van der Waals surface area contributed by atoms with E-state index in [1.807, 2.05) is 31.2 Å². The Balaban J connectivity index is 2.39. The number of carbonyl (C=O) groups is 1. The molecule has 0 amide bonds. The topological polar surface area (TPSA) is 57.1 Å². The first-order valence-corrected chi connectivity index (χ1v) is 6.74. The summed E-state index contributed by atoms with van der Waals surface area (Å²) < 4.78 is 11.0. The van der Waals surface area contributed by atoms with Gasteiger partial charge in [0.2, 0.25) is 0 Å². The molecule has 0 aliphatic heterocycles.